The highest BCUT2D eigenvalue weighted by Crippen LogP contribution is 2.24. The van der Waals surface area contributed by atoms with Crippen LogP contribution in [0.25, 0.3) is 0 Å². The number of aromatic nitrogens is 1. The number of hydrogen-bond acceptors (Lipinski definition) is 4. The van der Waals surface area contributed by atoms with Gasteiger partial charge in [0.1, 0.15) is 0 Å². The number of aliphatic hydroxyl groups excluding tert-OH is 1. The molecule has 144 valence electrons. The molecule has 1 atom stereocenters. The summed E-state index contributed by atoms with van der Waals surface area (Å²) < 4.78 is 0. The highest BCUT2D eigenvalue weighted by atomic mass is 16.3. The minimum absolute atomic E-state index is 0.114. The van der Waals surface area contributed by atoms with Gasteiger partial charge in [-0.05, 0) is 68.5 Å². The third-order valence-electron chi connectivity index (χ3n) is 5.34. The number of amides is 1. The zero-order chi connectivity index (χ0) is 19.1. The van der Waals surface area contributed by atoms with Gasteiger partial charge in [-0.15, -0.1) is 0 Å². The number of hydrogen-bond donors (Lipinski definition) is 1. The first-order chi connectivity index (χ1) is 13.2. The molecule has 1 saturated heterocycles. The number of pyridine rings is 1. The molecule has 1 aromatic carbocycles. The largest absolute Gasteiger partial charge is 0.395 e. The van der Waals surface area contributed by atoms with Crippen molar-refractivity contribution in [3.8, 4) is 0 Å². The number of likely N-dealkylation sites (tertiary alicyclic amines) is 1. The standard InChI is InChI=1S/C22H29N3O2/c1-24(16-17-26)20-11-8-18(9-12-20)22(27)25-15-5-3-7-21(25)13-10-19-6-2-4-14-23-19/h2,4,6,8-9,11-12,14,21,26H,3,5,7,10,13,15-17H2,1H3. The molecule has 2 aromatic rings. The lowest BCUT2D eigenvalue weighted by Crippen LogP contribution is -2.44. The molecule has 1 aliphatic heterocycles. The zero-order valence-electron chi connectivity index (χ0n) is 16.1. The summed E-state index contributed by atoms with van der Waals surface area (Å²) in [7, 11) is 1.94. The van der Waals surface area contributed by atoms with Crippen LogP contribution in [-0.4, -0.2) is 53.7 Å². The van der Waals surface area contributed by atoms with Gasteiger partial charge in [0.05, 0.1) is 6.61 Å². The topological polar surface area (TPSA) is 56.7 Å². The van der Waals surface area contributed by atoms with Gasteiger partial charge in [0.2, 0.25) is 0 Å². The van der Waals surface area contributed by atoms with E-state index >= 15 is 0 Å². The Labute approximate surface area is 161 Å². The number of rotatable bonds is 7. The molecule has 0 aliphatic carbocycles. The molecule has 1 fully saturated rings. The van der Waals surface area contributed by atoms with Gasteiger partial charge in [-0.1, -0.05) is 6.07 Å². The van der Waals surface area contributed by atoms with Crippen molar-refractivity contribution in [3.63, 3.8) is 0 Å². The summed E-state index contributed by atoms with van der Waals surface area (Å²) in [5.41, 5.74) is 2.83. The van der Waals surface area contributed by atoms with Crippen LogP contribution in [0, 0.1) is 0 Å². The fourth-order valence-corrected chi connectivity index (χ4v) is 3.73. The van der Waals surface area contributed by atoms with Crippen molar-refractivity contribution in [1.82, 2.24) is 9.88 Å². The van der Waals surface area contributed by atoms with E-state index in [1.165, 1.54) is 6.42 Å². The van der Waals surface area contributed by atoms with Crippen LogP contribution >= 0.6 is 0 Å². The second-order valence-corrected chi connectivity index (χ2v) is 7.20. The highest BCUT2D eigenvalue weighted by molar-refractivity contribution is 5.94. The number of aryl methyl sites for hydroxylation is 1. The normalized spacial score (nSPS) is 17.0. The maximum Gasteiger partial charge on any atom is 0.254 e. The Bertz CT molecular complexity index is 718. The maximum absolute atomic E-state index is 13.1. The zero-order valence-corrected chi connectivity index (χ0v) is 16.1. The molecule has 1 aliphatic rings. The molecule has 0 saturated carbocycles. The van der Waals surface area contributed by atoms with Crippen molar-refractivity contribution < 1.29 is 9.90 Å². The maximum atomic E-state index is 13.1. The van der Waals surface area contributed by atoms with Gasteiger partial charge in [-0.25, -0.2) is 0 Å². The lowest BCUT2D eigenvalue weighted by Gasteiger charge is -2.36. The van der Waals surface area contributed by atoms with Crippen molar-refractivity contribution in [1.29, 1.82) is 0 Å². The molecule has 0 bridgehead atoms. The van der Waals surface area contributed by atoms with Crippen molar-refractivity contribution in [2.75, 3.05) is 31.6 Å². The van der Waals surface area contributed by atoms with E-state index in [1.807, 2.05) is 54.5 Å². The number of anilines is 1. The molecule has 1 N–H and O–H groups in total. The average molecular weight is 367 g/mol. The van der Waals surface area contributed by atoms with Crippen LogP contribution < -0.4 is 4.90 Å². The van der Waals surface area contributed by atoms with Gasteiger partial charge in [-0.2, -0.15) is 0 Å². The van der Waals surface area contributed by atoms with E-state index in [1.54, 1.807) is 0 Å². The molecular weight excluding hydrogens is 338 g/mol. The third kappa shape index (κ3) is 5.07. The molecule has 2 heterocycles. The number of aliphatic hydroxyl groups is 1. The Hall–Kier alpha value is -2.40. The smallest absolute Gasteiger partial charge is 0.254 e. The lowest BCUT2D eigenvalue weighted by atomic mass is 9.96. The van der Waals surface area contributed by atoms with Gasteiger partial charge in [0.15, 0.2) is 0 Å². The van der Waals surface area contributed by atoms with E-state index in [0.29, 0.717) is 6.54 Å². The fraction of sp³-hybridized carbons (Fsp3) is 0.455. The van der Waals surface area contributed by atoms with Gasteiger partial charge < -0.3 is 14.9 Å². The number of piperidine rings is 1. The van der Waals surface area contributed by atoms with Crippen molar-refractivity contribution in [3.05, 3.63) is 59.9 Å². The number of likely N-dealkylation sites (N-methyl/N-ethyl adjacent to an activating group) is 1. The summed E-state index contributed by atoms with van der Waals surface area (Å²) in [6, 6.07) is 14.0. The van der Waals surface area contributed by atoms with Crippen molar-refractivity contribution in [2.45, 2.75) is 38.1 Å². The van der Waals surface area contributed by atoms with E-state index in [2.05, 4.69) is 16.0 Å². The Morgan fingerprint density at radius 1 is 1.22 bits per heavy atom. The first kappa shape index (κ1) is 19.4. The average Bonchev–Trinajstić information content (AvgIpc) is 2.73. The summed E-state index contributed by atoms with van der Waals surface area (Å²) in [5.74, 6) is 0.122. The molecule has 0 spiro atoms. The van der Waals surface area contributed by atoms with Crippen molar-refractivity contribution >= 4 is 11.6 Å². The second-order valence-electron chi connectivity index (χ2n) is 7.20. The summed E-state index contributed by atoms with van der Waals surface area (Å²) in [5, 5.41) is 9.07. The predicted octanol–water partition coefficient (Wildman–Crippen LogP) is 3.14. The Morgan fingerprint density at radius 3 is 2.74 bits per heavy atom. The minimum Gasteiger partial charge on any atom is -0.395 e. The van der Waals surface area contributed by atoms with E-state index < -0.39 is 0 Å². The number of carbonyl (C=O) groups excluding carboxylic acids is 1. The Balaban J connectivity index is 1.65. The number of benzene rings is 1. The van der Waals surface area contributed by atoms with Crippen LogP contribution in [0.4, 0.5) is 5.69 Å². The Morgan fingerprint density at radius 2 is 2.04 bits per heavy atom. The summed E-state index contributed by atoms with van der Waals surface area (Å²) in [4.78, 5) is 21.5. The minimum atomic E-state index is 0.114. The lowest BCUT2D eigenvalue weighted by molar-refractivity contribution is 0.0601. The van der Waals surface area contributed by atoms with Crippen LogP contribution in [-0.2, 0) is 6.42 Å². The molecule has 5 heteroatoms. The highest BCUT2D eigenvalue weighted by Gasteiger charge is 2.27. The molecule has 1 unspecified atom stereocenters. The first-order valence-corrected chi connectivity index (χ1v) is 9.82. The molecule has 5 nitrogen and oxygen atoms in total. The molecule has 3 rings (SSSR count). The molecule has 0 radical (unpaired) electrons. The van der Waals surface area contributed by atoms with E-state index in [4.69, 9.17) is 5.11 Å². The predicted molar refractivity (Wildman–Crippen MR) is 108 cm³/mol. The van der Waals surface area contributed by atoms with Crippen LogP contribution in [0.3, 0.4) is 0 Å². The monoisotopic (exact) mass is 367 g/mol. The fourth-order valence-electron chi connectivity index (χ4n) is 3.73. The number of carbonyl (C=O) groups is 1. The molecule has 1 amide bonds. The molecule has 1 aromatic heterocycles. The van der Waals surface area contributed by atoms with Gasteiger partial charge in [0.25, 0.3) is 5.91 Å². The van der Waals surface area contributed by atoms with E-state index in [9.17, 15) is 4.79 Å². The van der Waals surface area contributed by atoms with Crippen LogP contribution in [0.1, 0.15) is 41.7 Å². The van der Waals surface area contributed by atoms with Crippen LogP contribution in [0.5, 0.6) is 0 Å². The third-order valence-corrected chi connectivity index (χ3v) is 5.34. The molecular formula is C22H29N3O2. The second kappa shape index (κ2) is 9.51. The van der Waals surface area contributed by atoms with E-state index in [-0.39, 0.29) is 18.6 Å². The first-order valence-electron chi connectivity index (χ1n) is 9.82. The van der Waals surface area contributed by atoms with Crippen LogP contribution in [0.15, 0.2) is 48.7 Å². The summed E-state index contributed by atoms with van der Waals surface area (Å²) >= 11 is 0. The van der Waals surface area contributed by atoms with E-state index in [0.717, 1.165) is 49.2 Å². The van der Waals surface area contributed by atoms with Crippen LogP contribution in [0.2, 0.25) is 0 Å². The summed E-state index contributed by atoms with van der Waals surface area (Å²) in [6.45, 7) is 1.52. The summed E-state index contributed by atoms with van der Waals surface area (Å²) in [6.07, 6.45) is 7.01. The van der Waals surface area contributed by atoms with Gasteiger partial charge in [0, 0.05) is 49.3 Å². The SMILES string of the molecule is CN(CCO)c1ccc(C(=O)N2CCCCC2CCc2ccccn2)cc1. The Kier molecular flexibility index (Phi) is 6.82. The van der Waals surface area contributed by atoms with Gasteiger partial charge in [-0.3, -0.25) is 9.78 Å². The number of nitrogens with zero attached hydrogens (tertiary/aromatic N) is 3. The van der Waals surface area contributed by atoms with Gasteiger partial charge >= 0.3 is 0 Å². The quantitative estimate of drug-likeness (QED) is 0.817. The molecule has 27 heavy (non-hydrogen) atoms. The van der Waals surface area contributed by atoms with Crippen molar-refractivity contribution in [2.24, 2.45) is 0 Å².